The molecule has 3 rings (SSSR count). The molecule has 0 aliphatic carbocycles. The van der Waals surface area contributed by atoms with Crippen molar-refractivity contribution < 1.29 is 0 Å². The molecule has 0 bridgehead atoms. The van der Waals surface area contributed by atoms with Gasteiger partial charge in [-0.25, -0.2) is 0 Å². The third-order valence-electron chi connectivity index (χ3n) is 3.74. The molecule has 2 nitrogen and oxygen atoms in total. The summed E-state index contributed by atoms with van der Waals surface area (Å²) in [6.07, 6.45) is 4.18. The summed E-state index contributed by atoms with van der Waals surface area (Å²) >= 11 is 7.59. The summed E-state index contributed by atoms with van der Waals surface area (Å²) in [5.41, 5.74) is 3.64. The number of anilines is 1. The normalized spacial score (nSPS) is 10.4. The molecule has 4 heteroatoms. The van der Waals surface area contributed by atoms with Crippen LogP contribution in [0.1, 0.15) is 60.1 Å². The van der Waals surface area contributed by atoms with Crippen LogP contribution in [0.4, 0.5) is 5.69 Å². The minimum absolute atomic E-state index is 0.268. The van der Waals surface area contributed by atoms with Crippen LogP contribution in [0.5, 0.6) is 0 Å². The molecular weight excluding hydrogens is 372 g/mol. The summed E-state index contributed by atoms with van der Waals surface area (Å²) in [6, 6.07) is 16.9. The molecule has 150 valence electrons. The van der Waals surface area contributed by atoms with Gasteiger partial charge in [-0.1, -0.05) is 83.3 Å². The maximum Gasteiger partial charge on any atom is 0.0557 e. The van der Waals surface area contributed by atoms with E-state index in [0.29, 0.717) is 0 Å². The van der Waals surface area contributed by atoms with Gasteiger partial charge in [0.25, 0.3) is 0 Å². The molecule has 1 aromatic heterocycles. The van der Waals surface area contributed by atoms with Gasteiger partial charge in [-0.05, 0) is 42.8 Å². The average molecular weight is 407 g/mol. The van der Waals surface area contributed by atoms with Crippen LogP contribution in [0.3, 0.4) is 0 Å². The lowest BCUT2D eigenvalue weighted by Gasteiger charge is -2.16. The van der Waals surface area contributed by atoms with Crippen LogP contribution in [0, 0.1) is 0 Å². The Labute approximate surface area is 175 Å². The van der Waals surface area contributed by atoms with Gasteiger partial charge in [-0.2, -0.15) is 0 Å². The van der Waals surface area contributed by atoms with Crippen molar-refractivity contribution >= 4 is 40.1 Å². The molecule has 0 fully saturated rings. The SMILES string of the molecule is CC.CC.CC.CSNc1cccc2c1ccn2C(C)c1ccc(Cl)cc1. The molecule has 3 aromatic rings. The molecule has 0 radical (unpaired) electrons. The first-order valence-electron chi connectivity index (χ1n) is 9.84. The Morgan fingerprint density at radius 3 is 2.04 bits per heavy atom. The Kier molecular flexibility index (Phi) is 13.6. The Morgan fingerprint density at radius 1 is 0.889 bits per heavy atom. The Balaban J connectivity index is 0.00000103. The van der Waals surface area contributed by atoms with Crippen LogP contribution >= 0.6 is 23.5 Å². The Morgan fingerprint density at radius 2 is 1.48 bits per heavy atom. The van der Waals surface area contributed by atoms with Crippen molar-refractivity contribution in [3.05, 3.63) is 65.3 Å². The smallest absolute Gasteiger partial charge is 0.0557 e. The van der Waals surface area contributed by atoms with Gasteiger partial charge in [0.05, 0.1) is 17.2 Å². The molecule has 0 saturated carbocycles. The second kappa shape index (κ2) is 14.5. The van der Waals surface area contributed by atoms with Gasteiger partial charge in [-0.3, -0.25) is 0 Å². The van der Waals surface area contributed by atoms with Crippen molar-refractivity contribution in [2.45, 2.75) is 54.5 Å². The lowest BCUT2D eigenvalue weighted by Crippen LogP contribution is -2.05. The first-order valence-corrected chi connectivity index (χ1v) is 11.4. The third-order valence-corrected chi connectivity index (χ3v) is 4.42. The number of rotatable bonds is 4. The van der Waals surface area contributed by atoms with Gasteiger partial charge in [0, 0.05) is 22.9 Å². The number of fused-ring (bicyclic) bond motifs is 1. The number of nitrogens with zero attached hydrogens (tertiary/aromatic N) is 1. The topological polar surface area (TPSA) is 17.0 Å². The van der Waals surface area contributed by atoms with Crippen LogP contribution in [0.15, 0.2) is 54.7 Å². The number of hydrogen-bond acceptors (Lipinski definition) is 2. The summed E-state index contributed by atoms with van der Waals surface area (Å²) < 4.78 is 5.63. The zero-order valence-electron chi connectivity index (χ0n) is 18.0. The Bertz CT molecular complexity index is 751. The van der Waals surface area contributed by atoms with Crippen molar-refractivity contribution in [2.24, 2.45) is 0 Å². The van der Waals surface area contributed by atoms with E-state index in [1.165, 1.54) is 16.5 Å². The van der Waals surface area contributed by atoms with E-state index >= 15 is 0 Å². The highest BCUT2D eigenvalue weighted by atomic mass is 35.5. The van der Waals surface area contributed by atoms with Crippen molar-refractivity contribution in [2.75, 3.05) is 11.0 Å². The van der Waals surface area contributed by atoms with Gasteiger partial charge in [-0.15, -0.1) is 0 Å². The van der Waals surface area contributed by atoms with Crippen molar-refractivity contribution in [1.29, 1.82) is 0 Å². The van der Waals surface area contributed by atoms with Gasteiger partial charge < -0.3 is 9.29 Å². The zero-order chi connectivity index (χ0) is 20.8. The predicted octanol–water partition coefficient (Wildman–Crippen LogP) is 8.67. The van der Waals surface area contributed by atoms with Crippen molar-refractivity contribution in [1.82, 2.24) is 4.57 Å². The molecular formula is C23H35ClN2S. The maximum absolute atomic E-state index is 5.97. The summed E-state index contributed by atoms with van der Waals surface area (Å²) in [6.45, 7) is 14.2. The quantitative estimate of drug-likeness (QED) is 0.436. The van der Waals surface area contributed by atoms with E-state index in [9.17, 15) is 0 Å². The van der Waals surface area contributed by atoms with Crippen LogP contribution in [-0.2, 0) is 0 Å². The maximum atomic E-state index is 5.97. The number of benzene rings is 2. The number of hydrogen-bond donors (Lipinski definition) is 1. The molecule has 2 aromatic carbocycles. The predicted molar refractivity (Wildman–Crippen MR) is 128 cm³/mol. The second-order valence-corrected chi connectivity index (χ2v) is 6.04. The molecule has 0 saturated heterocycles. The van der Waals surface area contributed by atoms with E-state index in [1.54, 1.807) is 11.9 Å². The van der Waals surface area contributed by atoms with Gasteiger partial charge in [0.2, 0.25) is 0 Å². The number of aromatic nitrogens is 1. The molecule has 27 heavy (non-hydrogen) atoms. The number of halogens is 1. The second-order valence-electron chi connectivity index (χ2n) is 5.00. The highest BCUT2D eigenvalue weighted by molar-refractivity contribution is 7.99. The fourth-order valence-electron chi connectivity index (χ4n) is 2.63. The van der Waals surface area contributed by atoms with Crippen LogP contribution < -0.4 is 4.72 Å². The largest absolute Gasteiger partial charge is 0.340 e. The molecule has 1 unspecified atom stereocenters. The first-order chi connectivity index (χ1) is 13.2. The highest BCUT2D eigenvalue weighted by Crippen LogP contribution is 2.30. The van der Waals surface area contributed by atoms with E-state index in [0.717, 1.165) is 10.7 Å². The van der Waals surface area contributed by atoms with Crippen LogP contribution in [0.25, 0.3) is 10.9 Å². The van der Waals surface area contributed by atoms with E-state index in [-0.39, 0.29) is 6.04 Å². The average Bonchev–Trinajstić information content (AvgIpc) is 3.18. The van der Waals surface area contributed by atoms with Gasteiger partial charge in [0.15, 0.2) is 0 Å². The van der Waals surface area contributed by atoms with Gasteiger partial charge >= 0.3 is 0 Å². The minimum atomic E-state index is 0.268. The third kappa shape index (κ3) is 6.82. The molecule has 1 heterocycles. The molecule has 1 atom stereocenters. The monoisotopic (exact) mass is 406 g/mol. The molecule has 0 aliphatic rings. The molecule has 0 spiro atoms. The Hall–Kier alpha value is -1.58. The van der Waals surface area contributed by atoms with Crippen LogP contribution in [0.2, 0.25) is 5.02 Å². The fourth-order valence-corrected chi connectivity index (χ4v) is 3.15. The standard InChI is InChI=1S/C17H17ClN2S.3C2H6/c1-12(13-6-8-14(18)9-7-13)20-11-10-15-16(19-21-2)4-3-5-17(15)20;3*1-2/h3-12,19H,1-2H3;3*1-2H3. The van der Waals surface area contributed by atoms with Crippen molar-refractivity contribution in [3.63, 3.8) is 0 Å². The highest BCUT2D eigenvalue weighted by Gasteiger charge is 2.12. The molecule has 1 N–H and O–H groups in total. The van der Waals surface area contributed by atoms with E-state index < -0.39 is 0 Å². The summed E-state index contributed by atoms with van der Waals surface area (Å²) in [4.78, 5) is 0. The van der Waals surface area contributed by atoms with E-state index in [1.807, 2.05) is 59.9 Å². The molecule has 0 amide bonds. The fraction of sp³-hybridized carbons (Fsp3) is 0.391. The molecule has 0 aliphatic heterocycles. The van der Waals surface area contributed by atoms with E-state index in [2.05, 4.69) is 58.8 Å². The van der Waals surface area contributed by atoms with Crippen LogP contribution in [-0.4, -0.2) is 10.8 Å². The lowest BCUT2D eigenvalue weighted by atomic mass is 10.1. The summed E-state index contributed by atoms with van der Waals surface area (Å²) in [5, 5.41) is 2.02. The first kappa shape index (κ1) is 25.4. The van der Waals surface area contributed by atoms with Gasteiger partial charge in [0.1, 0.15) is 0 Å². The summed E-state index contributed by atoms with van der Waals surface area (Å²) in [7, 11) is 0. The number of nitrogens with one attached hydrogen (secondary N) is 1. The van der Waals surface area contributed by atoms with Crippen molar-refractivity contribution in [3.8, 4) is 0 Å². The van der Waals surface area contributed by atoms with E-state index in [4.69, 9.17) is 11.6 Å². The lowest BCUT2D eigenvalue weighted by molar-refractivity contribution is 0.664. The summed E-state index contributed by atoms with van der Waals surface area (Å²) in [5.74, 6) is 0. The zero-order valence-corrected chi connectivity index (χ0v) is 19.6. The minimum Gasteiger partial charge on any atom is -0.340 e.